The minimum absolute atomic E-state index is 0.199. The molecule has 0 unspecified atom stereocenters. The van der Waals surface area contributed by atoms with E-state index in [4.69, 9.17) is 4.74 Å². The van der Waals surface area contributed by atoms with Crippen molar-refractivity contribution in [3.8, 4) is 5.75 Å². The van der Waals surface area contributed by atoms with Crippen molar-refractivity contribution in [1.29, 1.82) is 0 Å². The van der Waals surface area contributed by atoms with Gasteiger partial charge < -0.3 is 24.8 Å². The van der Waals surface area contributed by atoms with E-state index < -0.39 is 0 Å². The molecule has 1 aliphatic heterocycles. The molecule has 1 saturated heterocycles. The summed E-state index contributed by atoms with van der Waals surface area (Å²) in [6.45, 7) is 3.00. The van der Waals surface area contributed by atoms with Crippen LogP contribution in [0, 0.1) is 0 Å². The Labute approximate surface area is 196 Å². The number of ether oxygens (including phenoxy) is 1. The fourth-order valence-electron chi connectivity index (χ4n) is 3.79. The fourth-order valence-corrected chi connectivity index (χ4v) is 3.79. The Bertz CT molecular complexity index is 1250. The van der Waals surface area contributed by atoms with Crippen LogP contribution in [0.15, 0.2) is 55.2 Å². The summed E-state index contributed by atoms with van der Waals surface area (Å²) in [5, 5.41) is 6.41. The van der Waals surface area contributed by atoms with Crippen LogP contribution in [-0.4, -0.2) is 66.5 Å². The van der Waals surface area contributed by atoms with Gasteiger partial charge in [-0.1, -0.05) is 18.2 Å². The molecular formula is C23H25N9O2. The van der Waals surface area contributed by atoms with Crippen LogP contribution < -0.4 is 15.4 Å². The van der Waals surface area contributed by atoms with Crippen molar-refractivity contribution in [2.75, 3.05) is 36.9 Å². The minimum Gasteiger partial charge on any atom is -0.492 e. The molecule has 3 aromatic heterocycles. The van der Waals surface area contributed by atoms with Gasteiger partial charge in [-0.3, -0.25) is 9.78 Å². The van der Waals surface area contributed by atoms with E-state index in [-0.39, 0.29) is 5.91 Å². The average Bonchev–Trinajstić information content (AvgIpc) is 3.47. The second kappa shape index (κ2) is 10.1. The maximum absolute atomic E-state index is 12.0. The molecule has 0 aliphatic carbocycles. The molecular weight excluding hydrogens is 434 g/mol. The first-order valence-corrected chi connectivity index (χ1v) is 11.2. The third kappa shape index (κ3) is 5.03. The van der Waals surface area contributed by atoms with Crippen molar-refractivity contribution in [2.45, 2.75) is 19.4 Å². The summed E-state index contributed by atoms with van der Waals surface area (Å²) in [5.74, 6) is 2.50. The summed E-state index contributed by atoms with van der Waals surface area (Å²) in [6.07, 6.45) is 8.07. The van der Waals surface area contributed by atoms with E-state index in [2.05, 4.69) is 35.6 Å². The van der Waals surface area contributed by atoms with Crippen molar-refractivity contribution >= 4 is 34.7 Å². The molecule has 1 aromatic carbocycles. The van der Waals surface area contributed by atoms with Crippen LogP contribution in [0.1, 0.15) is 12.8 Å². The second-order valence-electron chi connectivity index (χ2n) is 7.79. The van der Waals surface area contributed by atoms with Gasteiger partial charge in [0.1, 0.15) is 12.4 Å². The summed E-state index contributed by atoms with van der Waals surface area (Å²) in [4.78, 5) is 36.0. The van der Waals surface area contributed by atoms with Gasteiger partial charge >= 0.3 is 0 Å². The third-order valence-corrected chi connectivity index (χ3v) is 5.46. The zero-order valence-electron chi connectivity index (χ0n) is 18.6. The Kier molecular flexibility index (Phi) is 6.41. The van der Waals surface area contributed by atoms with E-state index in [0.717, 1.165) is 18.7 Å². The van der Waals surface area contributed by atoms with Crippen molar-refractivity contribution in [2.24, 2.45) is 0 Å². The third-order valence-electron chi connectivity index (χ3n) is 5.46. The smallest absolute Gasteiger partial charge is 0.232 e. The number of carbonyl (C=O) groups is 1. The van der Waals surface area contributed by atoms with E-state index in [1.54, 1.807) is 24.9 Å². The molecule has 5 rings (SSSR count). The Balaban J connectivity index is 1.35. The average molecular weight is 460 g/mol. The molecule has 0 radical (unpaired) electrons. The zero-order chi connectivity index (χ0) is 23.2. The van der Waals surface area contributed by atoms with Crippen LogP contribution in [0.4, 0.5) is 17.6 Å². The SMILES string of the molecule is O=C1CCCN1CCn1cnc2c(NCCOc3ccccc3)nc(Nc3cnccn3)nc21. The van der Waals surface area contributed by atoms with Gasteiger partial charge in [0.05, 0.1) is 19.1 Å². The summed E-state index contributed by atoms with van der Waals surface area (Å²) in [5.41, 5.74) is 1.32. The highest BCUT2D eigenvalue weighted by Gasteiger charge is 2.20. The molecule has 11 heteroatoms. The molecule has 2 N–H and O–H groups in total. The first kappa shape index (κ1) is 21.6. The monoisotopic (exact) mass is 459 g/mol. The van der Waals surface area contributed by atoms with E-state index in [0.29, 0.717) is 61.4 Å². The van der Waals surface area contributed by atoms with Gasteiger partial charge in [-0.05, 0) is 18.6 Å². The normalized spacial score (nSPS) is 13.4. The number of benzene rings is 1. The first-order chi connectivity index (χ1) is 16.8. The summed E-state index contributed by atoms with van der Waals surface area (Å²) in [6, 6.07) is 9.65. The lowest BCUT2D eigenvalue weighted by molar-refractivity contribution is -0.127. The summed E-state index contributed by atoms with van der Waals surface area (Å²) >= 11 is 0. The molecule has 1 aliphatic rings. The van der Waals surface area contributed by atoms with Crippen molar-refractivity contribution < 1.29 is 9.53 Å². The number of hydrogen-bond donors (Lipinski definition) is 2. The lowest BCUT2D eigenvalue weighted by atomic mass is 10.3. The highest BCUT2D eigenvalue weighted by molar-refractivity contribution is 5.84. The number of rotatable bonds is 10. The lowest BCUT2D eigenvalue weighted by Gasteiger charge is -2.16. The van der Waals surface area contributed by atoms with Gasteiger partial charge in [0, 0.05) is 38.4 Å². The molecule has 1 fully saturated rings. The Morgan fingerprint density at radius 1 is 1.06 bits per heavy atom. The van der Waals surface area contributed by atoms with E-state index in [1.807, 2.05) is 39.8 Å². The topological polar surface area (TPSA) is 123 Å². The standard InChI is InChI=1S/C23H25N9O2/c33-19-7-4-11-31(19)12-13-32-16-27-20-21(26-10-14-34-17-5-2-1-3-6-17)29-23(30-22(20)32)28-18-15-24-8-9-25-18/h1-3,5-6,8-9,15-16H,4,7,10-14H2,(H2,25,26,28,29,30). The molecule has 0 spiro atoms. The quantitative estimate of drug-likeness (QED) is 0.344. The van der Waals surface area contributed by atoms with Crippen LogP contribution in [-0.2, 0) is 11.3 Å². The number of fused-ring (bicyclic) bond motifs is 1. The molecule has 1 amide bonds. The Hall–Kier alpha value is -4.28. The molecule has 11 nitrogen and oxygen atoms in total. The van der Waals surface area contributed by atoms with E-state index in [1.165, 1.54) is 0 Å². The number of hydrogen-bond acceptors (Lipinski definition) is 9. The molecule has 4 aromatic rings. The summed E-state index contributed by atoms with van der Waals surface area (Å²) < 4.78 is 7.71. The van der Waals surface area contributed by atoms with Gasteiger partial charge in [0.25, 0.3) is 0 Å². The maximum Gasteiger partial charge on any atom is 0.232 e. The number of amides is 1. The number of nitrogens with one attached hydrogen (secondary N) is 2. The number of likely N-dealkylation sites (tertiary alicyclic amines) is 1. The lowest BCUT2D eigenvalue weighted by Crippen LogP contribution is -2.28. The highest BCUT2D eigenvalue weighted by Crippen LogP contribution is 2.22. The number of aromatic nitrogens is 6. The van der Waals surface area contributed by atoms with Gasteiger partial charge in [-0.2, -0.15) is 9.97 Å². The van der Waals surface area contributed by atoms with Crippen molar-refractivity contribution in [1.82, 2.24) is 34.4 Å². The second-order valence-corrected chi connectivity index (χ2v) is 7.79. The van der Waals surface area contributed by atoms with E-state index in [9.17, 15) is 4.79 Å². The van der Waals surface area contributed by atoms with Crippen molar-refractivity contribution in [3.05, 3.63) is 55.2 Å². The molecule has 174 valence electrons. The number of imidazole rings is 1. The molecule has 0 atom stereocenters. The zero-order valence-corrected chi connectivity index (χ0v) is 18.6. The Morgan fingerprint density at radius 3 is 2.76 bits per heavy atom. The number of para-hydroxylation sites is 1. The van der Waals surface area contributed by atoms with Gasteiger partial charge in [0.2, 0.25) is 11.9 Å². The predicted molar refractivity (Wildman–Crippen MR) is 127 cm³/mol. The number of anilines is 3. The van der Waals surface area contributed by atoms with Crippen LogP contribution >= 0.6 is 0 Å². The molecule has 0 saturated carbocycles. The maximum atomic E-state index is 12.0. The van der Waals surface area contributed by atoms with Crippen LogP contribution in [0.2, 0.25) is 0 Å². The highest BCUT2D eigenvalue weighted by atomic mass is 16.5. The van der Waals surface area contributed by atoms with Gasteiger partial charge in [0.15, 0.2) is 22.8 Å². The van der Waals surface area contributed by atoms with Crippen LogP contribution in [0.3, 0.4) is 0 Å². The fraction of sp³-hybridized carbons (Fsp3) is 0.304. The largest absolute Gasteiger partial charge is 0.492 e. The van der Waals surface area contributed by atoms with Crippen molar-refractivity contribution in [3.63, 3.8) is 0 Å². The van der Waals surface area contributed by atoms with Crippen LogP contribution in [0.25, 0.3) is 11.2 Å². The van der Waals surface area contributed by atoms with E-state index >= 15 is 0 Å². The molecule has 4 heterocycles. The van der Waals surface area contributed by atoms with Gasteiger partial charge in [-0.15, -0.1) is 0 Å². The minimum atomic E-state index is 0.199. The van der Waals surface area contributed by atoms with Crippen LogP contribution in [0.5, 0.6) is 5.75 Å². The number of carbonyl (C=O) groups excluding carboxylic acids is 1. The van der Waals surface area contributed by atoms with Gasteiger partial charge in [-0.25, -0.2) is 9.97 Å². The molecule has 34 heavy (non-hydrogen) atoms. The predicted octanol–water partition coefficient (Wildman–Crippen LogP) is 2.47. The first-order valence-electron chi connectivity index (χ1n) is 11.2. The molecule has 0 bridgehead atoms. The number of nitrogens with zero attached hydrogens (tertiary/aromatic N) is 7. The summed E-state index contributed by atoms with van der Waals surface area (Å²) in [7, 11) is 0. The Morgan fingerprint density at radius 2 is 1.97 bits per heavy atom.